The molecule has 3 N–H and O–H groups in total. The zero-order valence-electron chi connectivity index (χ0n) is 10.2. The van der Waals surface area contributed by atoms with Crippen LogP contribution in [-0.2, 0) is 10.0 Å². The molecule has 1 aromatic heterocycles. The maximum absolute atomic E-state index is 12.4. The molecule has 7 nitrogen and oxygen atoms in total. The Hall–Kier alpha value is -1.25. The number of rotatable bonds is 6. The molecule has 1 heterocycles. The number of nitrogens with zero attached hydrogens (tertiary/aromatic N) is 3. The summed E-state index contributed by atoms with van der Waals surface area (Å²) in [6.07, 6.45) is 5.22. The fourth-order valence-corrected chi connectivity index (χ4v) is 3.41. The summed E-state index contributed by atoms with van der Waals surface area (Å²) in [5.41, 5.74) is 2.26. The van der Waals surface area contributed by atoms with E-state index in [0.717, 1.165) is 19.3 Å². The van der Waals surface area contributed by atoms with Gasteiger partial charge in [0.25, 0.3) is 0 Å². The number of hydrazine groups is 1. The van der Waals surface area contributed by atoms with Crippen molar-refractivity contribution in [2.45, 2.75) is 37.1 Å². The Morgan fingerprint density at radius 1 is 1.44 bits per heavy atom. The van der Waals surface area contributed by atoms with Crippen LogP contribution in [0.2, 0.25) is 0 Å². The molecule has 1 saturated carbocycles. The van der Waals surface area contributed by atoms with E-state index in [2.05, 4.69) is 15.4 Å². The van der Waals surface area contributed by atoms with E-state index in [1.54, 1.807) is 4.31 Å². The van der Waals surface area contributed by atoms with Gasteiger partial charge in [0.05, 0.1) is 12.4 Å². The van der Waals surface area contributed by atoms with Crippen molar-refractivity contribution in [2.24, 2.45) is 5.84 Å². The Morgan fingerprint density at radius 2 is 2.06 bits per heavy atom. The van der Waals surface area contributed by atoms with Gasteiger partial charge in [-0.2, -0.15) is 4.31 Å². The molecule has 0 aromatic carbocycles. The SMILES string of the molecule is CCCN(C1CC1)S(=O)(=O)c1cnc(NN)nc1. The van der Waals surface area contributed by atoms with Crippen molar-refractivity contribution in [1.82, 2.24) is 14.3 Å². The van der Waals surface area contributed by atoms with Crippen molar-refractivity contribution in [2.75, 3.05) is 12.0 Å². The maximum Gasteiger partial charge on any atom is 0.246 e. The average Bonchev–Trinajstić information content (AvgIpc) is 3.20. The second-order valence-corrected chi connectivity index (χ2v) is 6.12. The second kappa shape index (κ2) is 5.17. The minimum absolute atomic E-state index is 0.113. The van der Waals surface area contributed by atoms with E-state index < -0.39 is 10.0 Å². The first-order valence-corrected chi connectivity index (χ1v) is 7.34. The highest BCUT2D eigenvalue weighted by atomic mass is 32.2. The summed E-state index contributed by atoms with van der Waals surface area (Å²) in [6.45, 7) is 2.49. The predicted molar refractivity (Wildman–Crippen MR) is 67.0 cm³/mol. The molecule has 8 heteroatoms. The molecule has 0 saturated heterocycles. The standard InChI is InChI=1S/C10H17N5O2S/c1-2-5-15(8-3-4-8)18(16,17)9-6-12-10(14-11)13-7-9/h6-8H,2-5,11H2,1H3,(H,12,13,14). The van der Waals surface area contributed by atoms with Gasteiger partial charge in [-0.25, -0.2) is 24.2 Å². The summed E-state index contributed by atoms with van der Waals surface area (Å²) in [5.74, 6) is 5.34. The van der Waals surface area contributed by atoms with Crippen LogP contribution in [0, 0.1) is 0 Å². The number of anilines is 1. The number of hydrogen-bond donors (Lipinski definition) is 2. The summed E-state index contributed by atoms with van der Waals surface area (Å²) in [7, 11) is -3.49. The molecular formula is C10H17N5O2S. The van der Waals surface area contributed by atoms with E-state index in [0.29, 0.717) is 6.54 Å². The molecule has 18 heavy (non-hydrogen) atoms. The lowest BCUT2D eigenvalue weighted by molar-refractivity contribution is 0.403. The van der Waals surface area contributed by atoms with Crippen molar-refractivity contribution in [3.8, 4) is 0 Å². The van der Waals surface area contributed by atoms with E-state index in [-0.39, 0.29) is 16.9 Å². The van der Waals surface area contributed by atoms with Gasteiger partial charge >= 0.3 is 0 Å². The molecule has 100 valence electrons. The number of hydrogen-bond acceptors (Lipinski definition) is 6. The molecule has 1 fully saturated rings. The predicted octanol–water partition coefficient (Wildman–Crippen LogP) is 0.325. The molecule has 0 bridgehead atoms. The molecule has 0 radical (unpaired) electrons. The Labute approximate surface area is 106 Å². The molecule has 2 rings (SSSR count). The highest BCUT2D eigenvalue weighted by molar-refractivity contribution is 7.89. The molecule has 0 aliphatic heterocycles. The summed E-state index contributed by atoms with van der Waals surface area (Å²) >= 11 is 0. The van der Waals surface area contributed by atoms with Gasteiger partial charge < -0.3 is 0 Å². The number of aromatic nitrogens is 2. The third-order valence-electron chi connectivity index (χ3n) is 2.76. The van der Waals surface area contributed by atoms with Crippen molar-refractivity contribution >= 4 is 16.0 Å². The third-order valence-corrected chi connectivity index (χ3v) is 4.67. The quantitative estimate of drug-likeness (QED) is 0.571. The van der Waals surface area contributed by atoms with Crippen molar-refractivity contribution in [3.05, 3.63) is 12.4 Å². The highest BCUT2D eigenvalue weighted by Crippen LogP contribution is 2.31. The Morgan fingerprint density at radius 3 is 2.50 bits per heavy atom. The Balaban J connectivity index is 2.27. The average molecular weight is 271 g/mol. The van der Waals surface area contributed by atoms with Gasteiger partial charge in [-0.05, 0) is 19.3 Å². The lowest BCUT2D eigenvalue weighted by atomic mass is 10.5. The Kier molecular flexibility index (Phi) is 3.79. The minimum atomic E-state index is -3.49. The van der Waals surface area contributed by atoms with Gasteiger partial charge in [-0.1, -0.05) is 6.92 Å². The second-order valence-electron chi connectivity index (χ2n) is 4.23. The minimum Gasteiger partial charge on any atom is -0.292 e. The summed E-state index contributed by atoms with van der Waals surface area (Å²) < 4.78 is 26.3. The summed E-state index contributed by atoms with van der Waals surface area (Å²) in [6, 6.07) is 0.141. The van der Waals surface area contributed by atoms with Crippen LogP contribution in [0.1, 0.15) is 26.2 Å². The number of nitrogens with two attached hydrogens (primary N) is 1. The van der Waals surface area contributed by atoms with Crippen LogP contribution >= 0.6 is 0 Å². The normalized spacial score (nSPS) is 15.9. The first kappa shape index (κ1) is 13.2. The molecule has 1 aromatic rings. The van der Waals surface area contributed by atoms with Crippen molar-refractivity contribution in [3.63, 3.8) is 0 Å². The van der Waals surface area contributed by atoms with Gasteiger partial charge in [0.15, 0.2) is 0 Å². The molecule has 0 atom stereocenters. The zero-order chi connectivity index (χ0) is 13.2. The lowest BCUT2D eigenvalue weighted by Crippen LogP contribution is -2.34. The van der Waals surface area contributed by atoms with Crippen LogP contribution in [0.15, 0.2) is 17.3 Å². The Bertz CT molecular complexity index is 498. The maximum atomic E-state index is 12.4. The first-order valence-electron chi connectivity index (χ1n) is 5.90. The molecule has 0 spiro atoms. The van der Waals surface area contributed by atoms with E-state index in [4.69, 9.17) is 5.84 Å². The fourth-order valence-electron chi connectivity index (χ4n) is 1.74. The van der Waals surface area contributed by atoms with Gasteiger partial charge in [0.2, 0.25) is 16.0 Å². The zero-order valence-corrected chi connectivity index (χ0v) is 11.0. The topological polar surface area (TPSA) is 101 Å². The number of sulfonamides is 1. The lowest BCUT2D eigenvalue weighted by Gasteiger charge is -2.20. The molecule has 1 aliphatic rings. The molecule has 0 amide bonds. The van der Waals surface area contributed by atoms with Crippen LogP contribution < -0.4 is 11.3 Å². The van der Waals surface area contributed by atoms with Crippen LogP contribution in [0.3, 0.4) is 0 Å². The van der Waals surface area contributed by atoms with Crippen molar-refractivity contribution < 1.29 is 8.42 Å². The van der Waals surface area contributed by atoms with Gasteiger partial charge in [-0.3, -0.25) is 5.43 Å². The van der Waals surface area contributed by atoms with Crippen LogP contribution in [0.5, 0.6) is 0 Å². The number of nitrogens with one attached hydrogen (secondary N) is 1. The van der Waals surface area contributed by atoms with E-state index in [1.165, 1.54) is 12.4 Å². The van der Waals surface area contributed by atoms with E-state index in [1.807, 2.05) is 6.92 Å². The van der Waals surface area contributed by atoms with Crippen LogP contribution in [-0.4, -0.2) is 35.3 Å². The van der Waals surface area contributed by atoms with Crippen molar-refractivity contribution in [1.29, 1.82) is 0 Å². The van der Waals surface area contributed by atoms with E-state index >= 15 is 0 Å². The summed E-state index contributed by atoms with van der Waals surface area (Å²) in [4.78, 5) is 7.78. The summed E-state index contributed by atoms with van der Waals surface area (Å²) in [5, 5.41) is 0. The first-order chi connectivity index (χ1) is 8.59. The third kappa shape index (κ3) is 2.60. The monoisotopic (exact) mass is 271 g/mol. The smallest absolute Gasteiger partial charge is 0.246 e. The van der Waals surface area contributed by atoms with E-state index in [9.17, 15) is 8.42 Å². The van der Waals surface area contributed by atoms with Crippen LogP contribution in [0.4, 0.5) is 5.95 Å². The number of nitrogen functional groups attached to an aromatic ring is 1. The molecular weight excluding hydrogens is 254 g/mol. The highest BCUT2D eigenvalue weighted by Gasteiger charge is 2.37. The van der Waals surface area contributed by atoms with Gasteiger partial charge in [0.1, 0.15) is 4.90 Å². The van der Waals surface area contributed by atoms with Gasteiger partial charge in [0, 0.05) is 12.6 Å². The van der Waals surface area contributed by atoms with Crippen LogP contribution in [0.25, 0.3) is 0 Å². The largest absolute Gasteiger partial charge is 0.292 e. The fraction of sp³-hybridized carbons (Fsp3) is 0.600. The molecule has 0 unspecified atom stereocenters. The molecule has 1 aliphatic carbocycles. The van der Waals surface area contributed by atoms with Gasteiger partial charge in [-0.15, -0.1) is 0 Å².